The molecule has 0 fully saturated rings. The van der Waals surface area contributed by atoms with Crippen LogP contribution in [0, 0.1) is 6.92 Å². The SMILES string of the molecule is Cc1ccc(C(=O)Oc2ccc(N3C(=O)c4ccc(Oc5ccc(C(C)(C)c6ccc(Oc7ccc8c(c7)C(=O)N(C)C8=O)cc6)cc5)cc4C3=O)cc2)cc1. The second-order valence-electron chi connectivity index (χ2n) is 14.2. The van der Waals surface area contributed by atoms with E-state index in [1.807, 2.05) is 67.6 Å². The topological polar surface area (TPSA) is 120 Å². The fourth-order valence-electron chi connectivity index (χ4n) is 6.76. The Morgan fingerprint density at radius 2 is 0.929 bits per heavy atom. The van der Waals surface area contributed by atoms with Gasteiger partial charge in [0.05, 0.1) is 33.5 Å². The molecule has 0 N–H and O–H groups in total. The summed E-state index contributed by atoms with van der Waals surface area (Å²) in [5, 5.41) is 0. The van der Waals surface area contributed by atoms with E-state index in [1.165, 1.54) is 7.05 Å². The summed E-state index contributed by atoms with van der Waals surface area (Å²) < 4.78 is 17.6. The van der Waals surface area contributed by atoms with Crippen molar-refractivity contribution in [3.05, 3.63) is 178 Å². The largest absolute Gasteiger partial charge is 0.457 e. The van der Waals surface area contributed by atoms with Gasteiger partial charge in [-0.2, -0.15) is 0 Å². The number of rotatable bonds is 9. The van der Waals surface area contributed by atoms with Crippen molar-refractivity contribution in [2.24, 2.45) is 0 Å². The Kier molecular flexibility index (Phi) is 8.81. The maximum Gasteiger partial charge on any atom is 0.343 e. The number of benzene rings is 6. The first-order valence-corrected chi connectivity index (χ1v) is 17.8. The molecular weight excluding hydrogens is 709 g/mol. The molecule has 6 aromatic rings. The molecule has 6 aromatic carbocycles. The number of hydrogen-bond donors (Lipinski definition) is 0. The number of ether oxygens (including phenoxy) is 3. The van der Waals surface area contributed by atoms with Crippen LogP contribution in [-0.4, -0.2) is 41.5 Å². The summed E-state index contributed by atoms with van der Waals surface area (Å²) in [5.41, 5.74) is 4.65. The van der Waals surface area contributed by atoms with Gasteiger partial charge in [0.15, 0.2) is 0 Å². The van der Waals surface area contributed by atoms with E-state index >= 15 is 0 Å². The molecule has 0 bridgehead atoms. The van der Waals surface area contributed by atoms with E-state index in [4.69, 9.17) is 14.2 Å². The minimum atomic E-state index is -0.510. The van der Waals surface area contributed by atoms with Crippen LogP contribution in [0.5, 0.6) is 28.7 Å². The number of fused-ring (bicyclic) bond motifs is 2. The van der Waals surface area contributed by atoms with Crippen molar-refractivity contribution in [1.82, 2.24) is 4.90 Å². The highest BCUT2D eigenvalue weighted by Gasteiger charge is 2.37. The summed E-state index contributed by atoms with van der Waals surface area (Å²) >= 11 is 0. The smallest absolute Gasteiger partial charge is 0.343 e. The molecule has 10 nitrogen and oxygen atoms in total. The van der Waals surface area contributed by atoms with Crippen molar-refractivity contribution in [3.63, 3.8) is 0 Å². The van der Waals surface area contributed by atoms with Crippen LogP contribution in [-0.2, 0) is 5.41 Å². The molecule has 56 heavy (non-hydrogen) atoms. The van der Waals surface area contributed by atoms with Crippen LogP contribution in [0.25, 0.3) is 0 Å². The zero-order valence-corrected chi connectivity index (χ0v) is 30.9. The number of amides is 4. The average molecular weight is 743 g/mol. The summed E-state index contributed by atoms with van der Waals surface area (Å²) in [7, 11) is 1.46. The zero-order valence-electron chi connectivity index (χ0n) is 30.9. The average Bonchev–Trinajstić information content (AvgIpc) is 3.57. The molecule has 2 aliphatic heterocycles. The summed E-state index contributed by atoms with van der Waals surface area (Å²) in [5.74, 6) is 0.157. The molecule has 8 rings (SSSR count). The van der Waals surface area contributed by atoms with E-state index in [-0.39, 0.29) is 34.1 Å². The third-order valence-corrected chi connectivity index (χ3v) is 10.1. The number of imide groups is 2. The lowest BCUT2D eigenvalue weighted by molar-refractivity contribution is 0.0689. The van der Waals surface area contributed by atoms with Gasteiger partial charge in [-0.15, -0.1) is 0 Å². The predicted molar refractivity (Wildman–Crippen MR) is 208 cm³/mol. The van der Waals surface area contributed by atoms with Crippen molar-refractivity contribution in [1.29, 1.82) is 0 Å². The minimum Gasteiger partial charge on any atom is -0.457 e. The van der Waals surface area contributed by atoms with Crippen molar-refractivity contribution in [2.45, 2.75) is 26.2 Å². The van der Waals surface area contributed by atoms with E-state index in [0.717, 1.165) is 26.5 Å². The Morgan fingerprint density at radius 1 is 0.500 bits per heavy atom. The molecule has 0 aliphatic carbocycles. The molecule has 0 atom stereocenters. The van der Waals surface area contributed by atoms with Crippen LogP contribution in [0.1, 0.15) is 82.3 Å². The number of esters is 1. The fourth-order valence-corrected chi connectivity index (χ4v) is 6.76. The van der Waals surface area contributed by atoms with Crippen LogP contribution >= 0.6 is 0 Å². The fraction of sp³-hybridized carbons (Fsp3) is 0.109. The Bertz CT molecular complexity index is 2580. The lowest BCUT2D eigenvalue weighted by Crippen LogP contribution is -2.29. The Hall–Kier alpha value is -7.33. The van der Waals surface area contributed by atoms with Gasteiger partial charge < -0.3 is 14.2 Å². The van der Waals surface area contributed by atoms with Gasteiger partial charge >= 0.3 is 5.97 Å². The van der Waals surface area contributed by atoms with E-state index < -0.39 is 17.8 Å². The molecule has 0 unspecified atom stereocenters. The van der Waals surface area contributed by atoms with Crippen molar-refractivity contribution in [2.75, 3.05) is 11.9 Å². The number of aryl methyl sites for hydroxylation is 1. The maximum absolute atomic E-state index is 13.5. The second kappa shape index (κ2) is 13.8. The maximum atomic E-state index is 13.5. The number of carbonyl (C=O) groups is 5. The van der Waals surface area contributed by atoms with E-state index in [0.29, 0.717) is 45.4 Å². The standard InChI is InChI=1S/C46H34N2O8/c1-27-5-7-28(8-6-27)45(53)56-34-19-13-31(14-20-34)48-43(51)38-24-22-36(26-40(38)44(48)52)55-33-17-11-30(12-18-33)46(2,3)29-9-15-32(16-10-29)54-35-21-23-37-39(25-35)42(50)47(4)41(37)49/h5-26H,1-4H3. The molecule has 0 saturated heterocycles. The zero-order chi connectivity index (χ0) is 39.3. The Labute approximate surface area is 322 Å². The lowest BCUT2D eigenvalue weighted by atomic mass is 9.78. The molecule has 2 heterocycles. The molecule has 10 heteroatoms. The number of carbonyl (C=O) groups excluding carboxylic acids is 5. The van der Waals surface area contributed by atoms with E-state index in [1.54, 1.807) is 72.8 Å². The van der Waals surface area contributed by atoms with Crippen LogP contribution in [0.15, 0.2) is 133 Å². The van der Waals surface area contributed by atoms with Gasteiger partial charge in [0.25, 0.3) is 23.6 Å². The summed E-state index contributed by atoms with van der Waals surface area (Å²) in [4.78, 5) is 66.1. The Balaban J connectivity index is 0.910. The van der Waals surface area contributed by atoms with Crippen molar-refractivity contribution >= 4 is 35.3 Å². The molecule has 0 saturated carbocycles. The molecule has 4 amide bonds. The van der Waals surface area contributed by atoms with Crippen LogP contribution in [0.3, 0.4) is 0 Å². The highest BCUT2D eigenvalue weighted by atomic mass is 16.5. The van der Waals surface area contributed by atoms with Gasteiger partial charge in [-0.25, -0.2) is 9.69 Å². The highest BCUT2D eigenvalue weighted by molar-refractivity contribution is 6.34. The van der Waals surface area contributed by atoms with Crippen LogP contribution < -0.4 is 19.1 Å². The Morgan fingerprint density at radius 3 is 1.46 bits per heavy atom. The summed E-state index contributed by atoms with van der Waals surface area (Å²) in [6.45, 7) is 6.15. The molecule has 0 aromatic heterocycles. The summed E-state index contributed by atoms with van der Waals surface area (Å²) in [6.07, 6.45) is 0. The predicted octanol–water partition coefficient (Wildman–Crippen LogP) is 9.15. The van der Waals surface area contributed by atoms with Gasteiger partial charge in [0, 0.05) is 12.5 Å². The first-order chi connectivity index (χ1) is 26.9. The van der Waals surface area contributed by atoms with Crippen molar-refractivity contribution < 1.29 is 38.2 Å². The van der Waals surface area contributed by atoms with Crippen molar-refractivity contribution in [3.8, 4) is 28.7 Å². The van der Waals surface area contributed by atoms with Gasteiger partial charge in [-0.3, -0.25) is 24.1 Å². The second-order valence-corrected chi connectivity index (χ2v) is 14.2. The summed E-state index contributed by atoms with van der Waals surface area (Å²) in [6, 6.07) is 38.2. The quantitative estimate of drug-likeness (QED) is 0.0818. The van der Waals surface area contributed by atoms with Crippen LogP contribution in [0.2, 0.25) is 0 Å². The van der Waals surface area contributed by atoms with Gasteiger partial charge in [-0.1, -0.05) is 55.8 Å². The lowest BCUT2D eigenvalue weighted by Gasteiger charge is -2.26. The van der Waals surface area contributed by atoms with E-state index in [9.17, 15) is 24.0 Å². The molecular formula is C46H34N2O8. The van der Waals surface area contributed by atoms with Gasteiger partial charge in [0.2, 0.25) is 0 Å². The van der Waals surface area contributed by atoms with Gasteiger partial charge in [0.1, 0.15) is 28.7 Å². The minimum absolute atomic E-state index is 0.222. The first-order valence-electron chi connectivity index (χ1n) is 17.8. The van der Waals surface area contributed by atoms with E-state index in [2.05, 4.69) is 13.8 Å². The first kappa shape index (κ1) is 35.7. The molecule has 2 aliphatic rings. The molecule has 0 radical (unpaired) electrons. The number of nitrogens with zero attached hydrogens (tertiary/aromatic N) is 2. The monoisotopic (exact) mass is 742 g/mol. The number of hydrogen-bond acceptors (Lipinski definition) is 8. The third kappa shape index (κ3) is 6.47. The third-order valence-electron chi connectivity index (χ3n) is 10.1. The molecule has 276 valence electrons. The van der Waals surface area contributed by atoms with Gasteiger partial charge in [-0.05, 0) is 115 Å². The normalized spacial score (nSPS) is 13.5. The van der Waals surface area contributed by atoms with Crippen LogP contribution in [0.4, 0.5) is 5.69 Å². The highest BCUT2D eigenvalue weighted by Crippen LogP contribution is 2.37. The number of anilines is 1. The molecule has 0 spiro atoms.